The van der Waals surface area contributed by atoms with Crippen molar-refractivity contribution in [3.05, 3.63) is 40.6 Å². The fourth-order valence-electron chi connectivity index (χ4n) is 2.45. The Morgan fingerprint density at radius 1 is 1.47 bits per heavy atom. The van der Waals surface area contributed by atoms with Gasteiger partial charge < -0.3 is 10.4 Å². The molecule has 1 atom stereocenters. The Balaban J connectivity index is 2.32. The number of nitrogens with zero attached hydrogens (tertiary/aromatic N) is 1. The van der Waals surface area contributed by atoms with Crippen LogP contribution in [0, 0.1) is 5.82 Å². The Bertz CT molecular complexity index is 461. The number of phenols is 1. The Morgan fingerprint density at radius 2 is 2.16 bits per heavy atom. The third-order valence-corrected chi connectivity index (χ3v) is 4.20. The summed E-state index contributed by atoms with van der Waals surface area (Å²) in [6.45, 7) is 7.45. The van der Waals surface area contributed by atoms with Crippen LogP contribution in [0.1, 0.15) is 18.0 Å². The van der Waals surface area contributed by atoms with Crippen molar-refractivity contribution in [2.45, 2.75) is 12.5 Å². The molecule has 19 heavy (non-hydrogen) atoms. The number of piperazine rings is 1. The van der Waals surface area contributed by atoms with Crippen LogP contribution in [0.4, 0.5) is 4.39 Å². The number of hydrogen-bond acceptors (Lipinski definition) is 3. The SMILES string of the molecule is C=CC[C@H](c1ccc(F)c(Br)c1O)N1CCNCC1. The molecule has 2 rings (SSSR count). The zero-order valence-electron chi connectivity index (χ0n) is 10.7. The summed E-state index contributed by atoms with van der Waals surface area (Å²) in [5.41, 5.74) is 0.745. The lowest BCUT2D eigenvalue weighted by molar-refractivity contribution is 0.171. The molecule has 1 aromatic carbocycles. The Kier molecular flexibility index (Phi) is 4.96. The van der Waals surface area contributed by atoms with Crippen LogP contribution in [0.25, 0.3) is 0 Å². The van der Waals surface area contributed by atoms with Gasteiger partial charge in [-0.05, 0) is 28.4 Å². The maximum absolute atomic E-state index is 13.4. The van der Waals surface area contributed by atoms with Crippen LogP contribution < -0.4 is 5.32 Å². The summed E-state index contributed by atoms with van der Waals surface area (Å²) in [4.78, 5) is 2.29. The zero-order valence-corrected chi connectivity index (χ0v) is 12.3. The van der Waals surface area contributed by atoms with Crippen LogP contribution in [0.2, 0.25) is 0 Å². The summed E-state index contributed by atoms with van der Waals surface area (Å²) in [6, 6.07) is 3.08. The lowest BCUT2D eigenvalue weighted by atomic mass is 10.00. The number of rotatable bonds is 4. The Morgan fingerprint density at radius 3 is 2.79 bits per heavy atom. The molecule has 2 N–H and O–H groups in total. The molecular formula is C14H18BrFN2O. The number of nitrogens with one attached hydrogen (secondary N) is 1. The molecule has 0 bridgehead atoms. The predicted octanol–water partition coefficient (Wildman–Crippen LogP) is 2.82. The van der Waals surface area contributed by atoms with Gasteiger partial charge in [0.15, 0.2) is 0 Å². The molecule has 0 aliphatic carbocycles. The van der Waals surface area contributed by atoms with Gasteiger partial charge in [0.1, 0.15) is 11.6 Å². The molecule has 5 heteroatoms. The van der Waals surface area contributed by atoms with Gasteiger partial charge >= 0.3 is 0 Å². The first kappa shape index (κ1) is 14.5. The van der Waals surface area contributed by atoms with E-state index in [1.54, 1.807) is 6.07 Å². The van der Waals surface area contributed by atoms with Gasteiger partial charge in [-0.25, -0.2) is 4.39 Å². The van der Waals surface area contributed by atoms with Crippen LogP contribution in [0.3, 0.4) is 0 Å². The molecule has 0 amide bonds. The Labute approximate surface area is 121 Å². The molecule has 1 fully saturated rings. The number of hydrogen-bond donors (Lipinski definition) is 2. The lowest BCUT2D eigenvalue weighted by Crippen LogP contribution is -2.45. The third kappa shape index (κ3) is 3.16. The number of benzene rings is 1. The minimum absolute atomic E-state index is 0.00890. The first-order valence-electron chi connectivity index (χ1n) is 6.37. The van der Waals surface area contributed by atoms with E-state index >= 15 is 0 Å². The summed E-state index contributed by atoms with van der Waals surface area (Å²) in [7, 11) is 0. The van der Waals surface area contributed by atoms with E-state index in [2.05, 4.69) is 32.7 Å². The minimum atomic E-state index is -0.445. The molecule has 0 saturated carbocycles. The van der Waals surface area contributed by atoms with Crippen molar-refractivity contribution in [3.8, 4) is 5.75 Å². The molecule has 1 saturated heterocycles. The highest BCUT2D eigenvalue weighted by Crippen LogP contribution is 2.37. The number of aromatic hydroxyl groups is 1. The fraction of sp³-hybridized carbons (Fsp3) is 0.429. The molecule has 1 aliphatic heterocycles. The van der Waals surface area contributed by atoms with Gasteiger partial charge in [-0.3, -0.25) is 4.90 Å². The van der Waals surface area contributed by atoms with E-state index in [-0.39, 0.29) is 16.3 Å². The summed E-state index contributed by atoms with van der Waals surface area (Å²) in [5.74, 6) is -0.454. The van der Waals surface area contributed by atoms with Gasteiger partial charge in [0.2, 0.25) is 0 Å². The molecule has 1 aromatic rings. The topological polar surface area (TPSA) is 35.5 Å². The monoisotopic (exact) mass is 328 g/mol. The van der Waals surface area contributed by atoms with Gasteiger partial charge in [-0.15, -0.1) is 6.58 Å². The second-order valence-corrected chi connectivity index (χ2v) is 5.42. The van der Waals surface area contributed by atoms with Crippen molar-refractivity contribution in [1.82, 2.24) is 10.2 Å². The normalized spacial score (nSPS) is 18.2. The minimum Gasteiger partial charge on any atom is -0.506 e. The van der Waals surface area contributed by atoms with Crippen molar-refractivity contribution < 1.29 is 9.50 Å². The maximum atomic E-state index is 13.4. The van der Waals surface area contributed by atoms with Crippen molar-refractivity contribution in [2.24, 2.45) is 0 Å². The largest absolute Gasteiger partial charge is 0.506 e. The highest BCUT2D eigenvalue weighted by molar-refractivity contribution is 9.10. The van der Waals surface area contributed by atoms with Crippen molar-refractivity contribution in [2.75, 3.05) is 26.2 Å². The number of phenolic OH excluding ortho intramolecular Hbond substituents is 1. The van der Waals surface area contributed by atoms with Gasteiger partial charge in [0.25, 0.3) is 0 Å². The quantitative estimate of drug-likeness (QED) is 0.834. The van der Waals surface area contributed by atoms with Gasteiger partial charge in [-0.1, -0.05) is 12.1 Å². The van der Waals surface area contributed by atoms with Gasteiger partial charge in [0, 0.05) is 37.8 Å². The standard InChI is InChI=1S/C14H18BrFN2O/c1-2-3-12(18-8-6-17-7-9-18)10-4-5-11(16)13(15)14(10)19/h2,4-5,12,17,19H,1,3,6-9H2/t12-/m1/s1. The molecular weight excluding hydrogens is 311 g/mol. The Hall–Kier alpha value is -0.910. The lowest BCUT2D eigenvalue weighted by Gasteiger charge is -2.35. The molecule has 0 aromatic heterocycles. The van der Waals surface area contributed by atoms with E-state index in [1.807, 2.05) is 6.08 Å². The summed E-state index contributed by atoms with van der Waals surface area (Å²) in [5, 5.41) is 13.4. The summed E-state index contributed by atoms with van der Waals surface area (Å²) < 4.78 is 13.5. The summed E-state index contributed by atoms with van der Waals surface area (Å²) >= 11 is 3.09. The van der Waals surface area contributed by atoms with Crippen LogP contribution in [-0.4, -0.2) is 36.2 Å². The van der Waals surface area contributed by atoms with E-state index in [1.165, 1.54) is 6.07 Å². The number of halogens is 2. The fourth-order valence-corrected chi connectivity index (χ4v) is 2.81. The van der Waals surface area contributed by atoms with Crippen molar-refractivity contribution in [1.29, 1.82) is 0 Å². The van der Waals surface area contributed by atoms with Crippen LogP contribution in [0.15, 0.2) is 29.3 Å². The second-order valence-electron chi connectivity index (χ2n) is 4.63. The van der Waals surface area contributed by atoms with Gasteiger partial charge in [0.05, 0.1) is 4.47 Å². The first-order chi connectivity index (χ1) is 9.15. The molecule has 0 radical (unpaired) electrons. The van der Waals surface area contributed by atoms with E-state index in [9.17, 15) is 9.50 Å². The summed E-state index contributed by atoms with van der Waals surface area (Å²) in [6.07, 6.45) is 2.56. The van der Waals surface area contributed by atoms with E-state index in [0.717, 1.165) is 38.2 Å². The smallest absolute Gasteiger partial charge is 0.141 e. The molecule has 0 spiro atoms. The zero-order chi connectivity index (χ0) is 13.8. The predicted molar refractivity (Wildman–Crippen MR) is 77.8 cm³/mol. The second kappa shape index (κ2) is 6.50. The molecule has 1 heterocycles. The third-order valence-electron chi connectivity index (χ3n) is 3.44. The molecule has 104 valence electrons. The highest BCUT2D eigenvalue weighted by atomic mass is 79.9. The highest BCUT2D eigenvalue weighted by Gasteiger charge is 2.25. The van der Waals surface area contributed by atoms with Crippen LogP contribution in [0.5, 0.6) is 5.75 Å². The maximum Gasteiger partial charge on any atom is 0.141 e. The van der Waals surface area contributed by atoms with Crippen LogP contribution in [-0.2, 0) is 0 Å². The molecule has 3 nitrogen and oxygen atoms in total. The van der Waals surface area contributed by atoms with E-state index in [4.69, 9.17) is 0 Å². The van der Waals surface area contributed by atoms with Gasteiger partial charge in [-0.2, -0.15) is 0 Å². The van der Waals surface area contributed by atoms with Crippen LogP contribution >= 0.6 is 15.9 Å². The van der Waals surface area contributed by atoms with Crippen molar-refractivity contribution in [3.63, 3.8) is 0 Å². The van der Waals surface area contributed by atoms with Crippen molar-refractivity contribution >= 4 is 15.9 Å². The van der Waals surface area contributed by atoms with E-state index in [0.29, 0.717) is 0 Å². The average molecular weight is 329 g/mol. The van der Waals surface area contributed by atoms with E-state index < -0.39 is 5.82 Å². The first-order valence-corrected chi connectivity index (χ1v) is 7.17. The molecule has 1 aliphatic rings. The average Bonchev–Trinajstić information content (AvgIpc) is 2.44. The molecule has 0 unspecified atom stereocenters.